The molecule has 0 aliphatic heterocycles. The van der Waals surface area contributed by atoms with Crippen LogP contribution in [0, 0.1) is 5.92 Å². The predicted molar refractivity (Wildman–Crippen MR) is 49.5 cm³/mol. The highest BCUT2D eigenvalue weighted by Crippen LogP contribution is 2.29. The zero-order valence-electron chi connectivity index (χ0n) is 6.30. The monoisotopic (exact) mass is 212 g/mol. The van der Waals surface area contributed by atoms with Gasteiger partial charge in [0.15, 0.2) is 5.78 Å². The van der Waals surface area contributed by atoms with Crippen molar-refractivity contribution in [1.29, 1.82) is 0 Å². The van der Waals surface area contributed by atoms with E-state index >= 15 is 0 Å². The summed E-state index contributed by atoms with van der Waals surface area (Å²) >= 11 is 3.32. The molecule has 1 unspecified atom stereocenters. The Hall–Kier alpha value is -0.630. The molecule has 0 spiro atoms. The number of ketones is 1. The Bertz CT molecular complexity index is 239. The van der Waals surface area contributed by atoms with Crippen molar-refractivity contribution in [3.05, 3.63) is 34.9 Å². The Balaban J connectivity index is 2.99. The summed E-state index contributed by atoms with van der Waals surface area (Å²) in [7, 11) is 0. The molecule has 0 fully saturated rings. The maximum Gasteiger partial charge on any atom is 0.179 e. The minimum Gasteiger partial charge on any atom is -0.290 e. The molecule has 0 amide bonds. The van der Waals surface area contributed by atoms with Crippen molar-refractivity contribution in [1.82, 2.24) is 0 Å². The molecular formula is C9H9BrO. The fourth-order valence-electron chi connectivity index (χ4n) is 1.10. The third-order valence-corrected chi connectivity index (χ3v) is 2.40. The number of halogens is 1. The van der Waals surface area contributed by atoms with Gasteiger partial charge in [-0.05, 0) is 19.1 Å². The van der Waals surface area contributed by atoms with Crippen LogP contribution in [0.4, 0.5) is 0 Å². The van der Waals surface area contributed by atoms with E-state index in [-0.39, 0.29) is 11.7 Å². The molecular weight excluding hydrogens is 204 g/mol. The van der Waals surface area contributed by atoms with Crippen molar-refractivity contribution in [2.24, 2.45) is 5.92 Å². The Morgan fingerprint density at radius 2 is 2.27 bits per heavy atom. The first-order chi connectivity index (χ1) is 5.15. The highest BCUT2D eigenvalue weighted by molar-refractivity contribution is 9.11. The third kappa shape index (κ3) is 1.69. The van der Waals surface area contributed by atoms with Gasteiger partial charge in [-0.15, -0.1) is 6.58 Å². The summed E-state index contributed by atoms with van der Waals surface area (Å²) < 4.78 is 0.900. The lowest BCUT2D eigenvalue weighted by Gasteiger charge is -2.15. The van der Waals surface area contributed by atoms with Crippen molar-refractivity contribution in [2.75, 3.05) is 0 Å². The van der Waals surface area contributed by atoms with E-state index in [2.05, 4.69) is 22.5 Å². The van der Waals surface area contributed by atoms with Gasteiger partial charge in [-0.25, -0.2) is 0 Å². The molecule has 58 valence electrons. The number of rotatable bonds is 1. The molecule has 1 nitrogen and oxygen atoms in total. The van der Waals surface area contributed by atoms with Crippen molar-refractivity contribution in [3.63, 3.8) is 0 Å². The molecule has 0 heterocycles. The molecule has 0 aromatic rings. The molecule has 2 heteroatoms. The Kier molecular flexibility index (Phi) is 2.45. The molecule has 1 aliphatic rings. The fraction of sp³-hybridized carbons (Fsp3) is 0.222. The van der Waals surface area contributed by atoms with E-state index in [9.17, 15) is 4.79 Å². The molecule has 0 saturated carbocycles. The van der Waals surface area contributed by atoms with Crippen LogP contribution in [0.1, 0.15) is 6.92 Å². The molecule has 0 radical (unpaired) electrons. The zero-order chi connectivity index (χ0) is 8.43. The molecule has 11 heavy (non-hydrogen) atoms. The zero-order valence-corrected chi connectivity index (χ0v) is 7.89. The van der Waals surface area contributed by atoms with Crippen molar-refractivity contribution in [3.8, 4) is 0 Å². The van der Waals surface area contributed by atoms with Crippen LogP contribution in [0.3, 0.4) is 0 Å². The molecule has 1 rings (SSSR count). The summed E-state index contributed by atoms with van der Waals surface area (Å²) in [6, 6.07) is 0. The molecule has 1 aliphatic carbocycles. The first-order valence-electron chi connectivity index (χ1n) is 3.37. The van der Waals surface area contributed by atoms with Gasteiger partial charge in [-0.2, -0.15) is 0 Å². The average Bonchev–Trinajstić information content (AvgIpc) is 1.85. The standard InChI is InChI=1S/C9H9BrO/c1-3-8-6(2)4-7(11)5-9(8)10/h3-5,8H,1H2,2H3. The van der Waals surface area contributed by atoms with E-state index in [1.165, 1.54) is 0 Å². The summed E-state index contributed by atoms with van der Waals surface area (Å²) in [6.07, 6.45) is 5.04. The topological polar surface area (TPSA) is 17.1 Å². The van der Waals surface area contributed by atoms with E-state index in [1.807, 2.05) is 13.0 Å². The van der Waals surface area contributed by atoms with Gasteiger partial charge in [0.1, 0.15) is 0 Å². The lowest BCUT2D eigenvalue weighted by molar-refractivity contribution is -0.110. The van der Waals surface area contributed by atoms with Crippen LogP contribution in [-0.4, -0.2) is 5.78 Å². The number of hydrogen-bond acceptors (Lipinski definition) is 1. The van der Waals surface area contributed by atoms with Crippen LogP contribution in [-0.2, 0) is 4.79 Å². The quantitative estimate of drug-likeness (QED) is 0.612. The molecule has 0 aromatic heterocycles. The Morgan fingerprint density at radius 1 is 1.64 bits per heavy atom. The minimum atomic E-state index is 0.0486. The molecule has 0 aromatic carbocycles. The second kappa shape index (κ2) is 3.18. The number of hydrogen-bond donors (Lipinski definition) is 0. The lowest BCUT2D eigenvalue weighted by Crippen LogP contribution is -2.07. The van der Waals surface area contributed by atoms with Crippen LogP contribution in [0.15, 0.2) is 34.9 Å². The summed E-state index contributed by atoms with van der Waals surface area (Å²) in [6.45, 7) is 5.62. The van der Waals surface area contributed by atoms with Gasteiger partial charge in [-0.3, -0.25) is 4.79 Å². The first-order valence-corrected chi connectivity index (χ1v) is 4.16. The number of allylic oxidation sites excluding steroid dienone is 5. The SMILES string of the molecule is C=CC1C(C)=CC(=O)C=C1Br. The minimum absolute atomic E-state index is 0.0486. The van der Waals surface area contributed by atoms with Gasteiger partial charge in [0.25, 0.3) is 0 Å². The van der Waals surface area contributed by atoms with Crippen LogP contribution in [0.25, 0.3) is 0 Å². The number of carbonyl (C=O) groups excluding carboxylic acids is 1. The Labute approximate surface area is 74.6 Å². The maximum atomic E-state index is 10.9. The largest absolute Gasteiger partial charge is 0.290 e. The first kappa shape index (κ1) is 8.47. The summed E-state index contributed by atoms with van der Waals surface area (Å²) in [5.74, 6) is 0.236. The Morgan fingerprint density at radius 3 is 2.73 bits per heavy atom. The highest BCUT2D eigenvalue weighted by Gasteiger charge is 2.16. The van der Waals surface area contributed by atoms with E-state index < -0.39 is 0 Å². The van der Waals surface area contributed by atoms with E-state index in [0.717, 1.165) is 10.1 Å². The molecule has 1 atom stereocenters. The smallest absolute Gasteiger partial charge is 0.179 e. The normalized spacial score (nSPS) is 24.2. The van der Waals surface area contributed by atoms with Crippen LogP contribution >= 0.6 is 15.9 Å². The van der Waals surface area contributed by atoms with E-state index in [1.54, 1.807) is 12.2 Å². The molecule has 0 bridgehead atoms. The van der Waals surface area contributed by atoms with Crippen LogP contribution in [0.2, 0.25) is 0 Å². The lowest BCUT2D eigenvalue weighted by atomic mass is 9.94. The maximum absolute atomic E-state index is 10.9. The summed E-state index contributed by atoms with van der Waals surface area (Å²) in [4.78, 5) is 10.9. The second-order valence-electron chi connectivity index (χ2n) is 2.53. The highest BCUT2D eigenvalue weighted by atomic mass is 79.9. The average molecular weight is 213 g/mol. The van der Waals surface area contributed by atoms with Crippen molar-refractivity contribution in [2.45, 2.75) is 6.92 Å². The number of carbonyl (C=O) groups is 1. The molecule has 0 saturated heterocycles. The van der Waals surface area contributed by atoms with Gasteiger partial charge in [0, 0.05) is 10.4 Å². The molecule has 0 N–H and O–H groups in total. The van der Waals surface area contributed by atoms with Crippen molar-refractivity contribution >= 4 is 21.7 Å². The van der Waals surface area contributed by atoms with Gasteiger partial charge in [-0.1, -0.05) is 27.6 Å². The fourth-order valence-corrected chi connectivity index (χ4v) is 1.87. The van der Waals surface area contributed by atoms with Crippen LogP contribution in [0.5, 0.6) is 0 Å². The second-order valence-corrected chi connectivity index (χ2v) is 3.45. The van der Waals surface area contributed by atoms with E-state index in [4.69, 9.17) is 0 Å². The van der Waals surface area contributed by atoms with Gasteiger partial charge in [0.05, 0.1) is 0 Å². The van der Waals surface area contributed by atoms with Crippen molar-refractivity contribution < 1.29 is 4.79 Å². The summed E-state index contributed by atoms with van der Waals surface area (Å²) in [5.41, 5.74) is 1.04. The van der Waals surface area contributed by atoms with Gasteiger partial charge >= 0.3 is 0 Å². The third-order valence-electron chi connectivity index (χ3n) is 1.67. The predicted octanol–water partition coefficient (Wildman–Crippen LogP) is 2.60. The van der Waals surface area contributed by atoms with Gasteiger partial charge < -0.3 is 0 Å². The van der Waals surface area contributed by atoms with E-state index in [0.29, 0.717) is 0 Å². The van der Waals surface area contributed by atoms with Crippen LogP contribution < -0.4 is 0 Å². The van der Waals surface area contributed by atoms with Gasteiger partial charge in [0.2, 0.25) is 0 Å². The summed E-state index contributed by atoms with van der Waals surface area (Å²) in [5, 5.41) is 0.